The van der Waals surface area contributed by atoms with Gasteiger partial charge in [0.05, 0.1) is 17.6 Å². The molecule has 4 rings (SSSR count). The van der Waals surface area contributed by atoms with E-state index < -0.39 is 11.4 Å². The molecule has 9 nitrogen and oxygen atoms in total. The lowest BCUT2D eigenvalue weighted by molar-refractivity contribution is -0.133. The number of amides is 3. The summed E-state index contributed by atoms with van der Waals surface area (Å²) in [6.45, 7) is 3.64. The van der Waals surface area contributed by atoms with Crippen molar-refractivity contribution in [3.05, 3.63) is 48.5 Å². The summed E-state index contributed by atoms with van der Waals surface area (Å²) in [5, 5.41) is 11.7. The topological polar surface area (TPSA) is 122 Å². The third-order valence-electron chi connectivity index (χ3n) is 5.26. The van der Waals surface area contributed by atoms with Gasteiger partial charge in [-0.05, 0) is 38.0 Å². The molecule has 1 aliphatic rings. The highest BCUT2D eigenvalue weighted by Gasteiger charge is 2.39. The second-order valence-electron chi connectivity index (χ2n) is 7.57. The maximum absolute atomic E-state index is 12.2. The van der Waals surface area contributed by atoms with E-state index >= 15 is 0 Å². The molecule has 1 fully saturated rings. The van der Waals surface area contributed by atoms with E-state index in [9.17, 15) is 9.59 Å². The van der Waals surface area contributed by atoms with Crippen molar-refractivity contribution in [3.8, 4) is 22.8 Å². The average molecular weight is 406 g/mol. The van der Waals surface area contributed by atoms with E-state index in [1.54, 1.807) is 49.8 Å². The SMILES string of the molecule is Cc1nc(NC(=O)NC(=O)C2(C)CCC2)ccc1Oc1ccnc(-c2cn[nH]c2)c1. The van der Waals surface area contributed by atoms with Crippen LogP contribution in [0.25, 0.3) is 11.3 Å². The number of imide groups is 1. The van der Waals surface area contributed by atoms with Crippen molar-refractivity contribution in [1.82, 2.24) is 25.5 Å². The molecule has 1 aliphatic carbocycles. The molecule has 0 atom stereocenters. The first kappa shape index (κ1) is 19.6. The van der Waals surface area contributed by atoms with E-state index in [-0.39, 0.29) is 5.91 Å². The van der Waals surface area contributed by atoms with Crippen LogP contribution in [0.4, 0.5) is 10.6 Å². The summed E-state index contributed by atoms with van der Waals surface area (Å²) in [4.78, 5) is 32.9. The summed E-state index contributed by atoms with van der Waals surface area (Å²) in [6.07, 6.45) is 7.69. The van der Waals surface area contributed by atoms with Crippen molar-refractivity contribution >= 4 is 17.8 Å². The molecule has 30 heavy (non-hydrogen) atoms. The van der Waals surface area contributed by atoms with Crippen LogP contribution in [0.5, 0.6) is 11.5 Å². The van der Waals surface area contributed by atoms with Gasteiger partial charge in [0.25, 0.3) is 0 Å². The number of urea groups is 1. The van der Waals surface area contributed by atoms with Crippen molar-refractivity contribution in [3.63, 3.8) is 0 Å². The van der Waals surface area contributed by atoms with Crippen LogP contribution in [0.2, 0.25) is 0 Å². The monoisotopic (exact) mass is 406 g/mol. The highest BCUT2D eigenvalue weighted by molar-refractivity contribution is 6.02. The first-order valence-corrected chi connectivity index (χ1v) is 9.66. The fourth-order valence-corrected chi connectivity index (χ4v) is 3.21. The summed E-state index contributed by atoms with van der Waals surface area (Å²) in [5.74, 6) is 1.22. The number of aromatic nitrogens is 4. The predicted molar refractivity (Wildman–Crippen MR) is 110 cm³/mol. The Hall–Kier alpha value is -3.75. The maximum Gasteiger partial charge on any atom is 0.327 e. The second-order valence-corrected chi connectivity index (χ2v) is 7.57. The van der Waals surface area contributed by atoms with Gasteiger partial charge in [-0.15, -0.1) is 0 Å². The number of rotatable bonds is 5. The largest absolute Gasteiger partial charge is 0.455 e. The van der Waals surface area contributed by atoms with Crippen LogP contribution < -0.4 is 15.4 Å². The van der Waals surface area contributed by atoms with Gasteiger partial charge in [0.15, 0.2) is 0 Å². The normalized spacial score (nSPS) is 14.5. The van der Waals surface area contributed by atoms with Crippen LogP contribution in [-0.4, -0.2) is 32.1 Å². The lowest BCUT2D eigenvalue weighted by Crippen LogP contribution is -2.47. The van der Waals surface area contributed by atoms with Crippen molar-refractivity contribution in [2.24, 2.45) is 5.41 Å². The van der Waals surface area contributed by atoms with Crippen molar-refractivity contribution in [2.75, 3.05) is 5.32 Å². The lowest BCUT2D eigenvalue weighted by Gasteiger charge is -2.36. The van der Waals surface area contributed by atoms with E-state index in [2.05, 4.69) is 30.8 Å². The van der Waals surface area contributed by atoms with Crippen LogP contribution in [-0.2, 0) is 4.79 Å². The molecule has 0 saturated heterocycles. The zero-order valence-corrected chi connectivity index (χ0v) is 16.7. The third-order valence-corrected chi connectivity index (χ3v) is 5.26. The molecular weight excluding hydrogens is 384 g/mol. The smallest absolute Gasteiger partial charge is 0.327 e. The molecule has 154 valence electrons. The Kier molecular flexibility index (Phi) is 5.18. The molecule has 0 radical (unpaired) electrons. The van der Waals surface area contributed by atoms with Crippen LogP contribution in [0.1, 0.15) is 31.9 Å². The average Bonchev–Trinajstić information content (AvgIpc) is 3.23. The summed E-state index contributed by atoms with van der Waals surface area (Å²) in [7, 11) is 0. The third kappa shape index (κ3) is 4.14. The summed E-state index contributed by atoms with van der Waals surface area (Å²) in [5.41, 5.74) is 1.72. The molecule has 0 unspecified atom stereocenters. The van der Waals surface area contributed by atoms with Gasteiger partial charge in [-0.2, -0.15) is 5.10 Å². The molecule has 3 aromatic rings. The quantitative estimate of drug-likeness (QED) is 0.592. The number of aromatic amines is 1. The molecule has 9 heteroatoms. The van der Waals surface area contributed by atoms with Gasteiger partial charge in [0.1, 0.15) is 17.3 Å². The highest BCUT2D eigenvalue weighted by Crippen LogP contribution is 2.40. The summed E-state index contributed by atoms with van der Waals surface area (Å²) >= 11 is 0. The minimum absolute atomic E-state index is 0.256. The Balaban J connectivity index is 1.40. The Morgan fingerprint density at radius 2 is 2.07 bits per heavy atom. The Bertz CT molecular complexity index is 1080. The molecule has 1 saturated carbocycles. The fourth-order valence-electron chi connectivity index (χ4n) is 3.21. The first-order chi connectivity index (χ1) is 14.4. The molecule has 3 heterocycles. The number of carbonyl (C=O) groups is 2. The van der Waals surface area contributed by atoms with Crippen molar-refractivity contribution < 1.29 is 14.3 Å². The van der Waals surface area contributed by atoms with E-state index in [0.717, 1.165) is 30.5 Å². The number of ether oxygens (including phenoxy) is 1. The van der Waals surface area contributed by atoms with Crippen LogP contribution in [0, 0.1) is 12.3 Å². The van der Waals surface area contributed by atoms with Crippen molar-refractivity contribution in [2.45, 2.75) is 33.1 Å². The number of nitrogens with zero attached hydrogens (tertiary/aromatic N) is 3. The number of carbonyl (C=O) groups excluding carboxylic acids is 2. The molecular formula is C21H22N6O3. The Morgan fingerprint density at radius 1 is 1.23 bits per heavy atom. The molecule has 0 aliphatic heterocycles. The first-order valence-electron chi connectivity index (χ1n) is 9.66. The Morgan fingerprint density at radius 3 is 2.73 bits per heavy atom. The van der Waals surface area contributed by atoms with Gasteiger partial charge in [-0.1, -0.05) is 13.3 Å². The zero-order valence-electron chi connectivity index (χ0n) is 16.7. The van der Waals surface area contributed by atoms with Gasteiger partial charge in [0, 0.05) is 29.4 Å². The molecule has 0 aromatic carbocycles. The van der Waals surface area contributed by atoms with Crippen molar-refractivity contribution in [1.29, 1.82) is 0 Å². The van der Waals surface area contributed by atoms with E-state index in [0.29, 0.717) is 23.0 Å². The molecule has 3 N–H and O–H groups in total. The maximum atomic E-state index is 12.2. The van der Waals surface area contributed by atoms with Gasteiger partial charge >= 0.3 is 6.03 Å². The molecule has 3 aromatic heterocycles. The minimum atomic E-state index is -0.590. The molecule has 3 amide bonds. The fraction of sp³-hybridized carbons (Fsp3) is 0.286. The predicted octanol–water partition coefficient (Wildman–Crippen LogP) is 3.81. The van der Waals surface area contributed by atoms with Crippen LogP contribution in [0.3, 0.4) is 0 Å². The van der Waals surface area contributed by atoms with E-state index in [4.69, 9.17) is 4.74 Å². The number of anilines is 1. The van der Waals surface area contributed by atoms with E-state index in [1.165, 1.54) is 0 Å². The van der Waals surface area contributed by atoms with Gasteiger partial charge in [0.2, 0.25) is 5.91 Å². The van der Waals surface area contributed by atoms with Gasteiger partial charge in [-0.3, -0.25) is 25.5 Å². The second kappa shape index (κ2) is 7.94. The van der Waals surface area contributed by atoms with Crippen LogP contribution >= 0.6 is 0 Å². The van der Waals surface area contributed by atoms with E-state index in [1.807, 2.05) is 6.92 Å². The number of hydrogen-bond donors (Lipinski definition) is 3. The Labute approximate surface area is 173 Å². The number of hydrogen-bond acceptors (Lipinski definition) is 6. The lowest BCUT2D eigenvalue weighted by atomic mass is 9.70. The number of nitrogens with one attached hydrogen (secondary N) is 3. The number of aryl methyl sites for hydroxylation is 1. The summed E-state index contributed by atoms with van der Waals surface area (Å²) in [6, 6.07) is 6.29. The zero-order chi connectivity index (χ0) is 21.1. The standard InChI is InChI=1S/C21H22N6O3/c1-13-17(30-15-6-9-22-16(10-15)14-11-23-24-12-14)4-5-18(25-13)26-20(29)27-19(28)21(2)7-3-8-21/h4-6,9-12H,3,7-8H2,1-2H3,(H,23,24)(H2,25,26,27,28,29). The number of pyridine rings is 2. The van der Waals surface area contributed by atoms with Gasteiger partial charge < -0.3 is 4.74 Å². The van der Waals surface area contributed by atoms with Crippen LogP contribution in [0.15, 0.2) is 42.9 Å². The van der Waals surface area contributed by atoms with Gasteiger partial charge in [-0.25, -0.2) is 9.78 Å². The number of H-pyrrole nitrogens is 1. The summed E-state index contributed by atoms with van der Waals surface area (Å²) < 4.78 is 5.92. The molecule has 0 bridgehead atoms. The molecule has 0 spiro atoms. The minimum Gasteiger partial charge on any atom is -0.455 e. The highest BCUT2D eigenvalue weighted by atomic mass is 16.5.